The first-order valence-corrected chi connectivity index (χ1v) is 10.2. The molecule has 0 amide bonds. The van der Waals surface area contributed by atoms with Crippen molar-refractivity contribution in [3.63, 3.8) is 0 Å². The molecule has 0 saturated heterocycles. The van der Waals surface area contributed by atoms with Gasteiger partial charge in [0.05, 0.1) is 11.1 Å². The number of unbranched alkanes of at least 4 members (excludes halogenated alkanes) is 1. The molecule has 3 aromatic rings. The zero-order chi connectivity index (χ0) is 17.0. The normalized spacial score (nSPS) is 11.5. The summed E-state index contributed by atoms with van der Waals surface area (Å²) in [6, 6.07) is 9.07. The van der Waals surface area contributed by atoms with E-state index in [4.69, 9.17) is 0 Å². The van der Waals surface area contributed by atoms with Crippen LogP contribution in [0, 0.1) is 0 Å². The SMILES string of the molecule is CCCCS(=O)(=O)Nc1ccc(Nc2ncnc3sccc23)cc1. The lowest BCUT2D eigenvalue weighted by molar-refractivity contribution is 0.598. The molecule has 2 heterocycles. The van der Waals surface area contributed by atoms with Crippen LogP contribution < -0.4 is 10.0 Å². The zero-order valence-electron chi connectivity index (χ0n) is 13.2. The van der Waals surface area contributed by atoms with Crippen LogP contribution in [0.2, 0.25) is 0 Å². The number of rotatable bonds is 7. The minimum atomic E-state index is -3.28. The van der Waals surface area contributed by atoms with Crippen LogP contribution in [0.1, 0.15) is 19.8 Å². The predicted molar refractivity (Wildman–Crippen MR) is 99.5 cm³/mol. The van der Waals surface area contributed by atoms with Crippen molar-refractivity contribution in [2.75, 3.05) is 15.8 Å². The number of aromatic nitrogens is 2. The molecule has 0 saturated carbocycles. The van der Waals surface area contributed by atoms with E-state index in [1.807, 2.05) is 30.5 Å². The molecular weight excluding hydrogens is 344 g/mol. The van der Waals surface area contributed by atoms with Crippen LogP contribution in [0.5, 0.6) is 0 Å². The molecule has 2 N–H and O–H groups in total. The van der Waals surface area contributed by atoms with Crippen LogP contribution in [0.4, 0.5) is 17.2 Å². The molecule has 0 aliphatic carbocycles. The lowest BCUT2D eigenvalue weighted by Crippen LogP contribution is -2.16. The third-order valence-corrected chi connectivity index (χ3v) is 5.64. The smallest absolute Gasteiger partial charge is 0.232 e. The molecule has 0 atom stereocenters. The second kappa shape index (κ2) is 7.14. The third-order valence-electron chi connectivity index (χ3n) is 3.45. The van der Waals surface area contributed by atoms with Crippen molar-refractivity contribution in [1.82, 2.24) is 9.97 Å². The first-order chi connectivity index (χ1) is 11.6. The molecular formula is C16H18N4O2S2. The van der Waals surface area contributed by atoms with Crippen LogP contribution in [0.3, 0.4) is 0 Å². The summed E-state index contributed by atoms with van der Waals surface area (Å²) in [5, 5.41) is 6.17. The number of nitrogens with zero attached hydrogens (tertiary/aromatic N) is 2. The Morgan fingerprint density at radius 2 is 1.83 bits per heavy atom. The van der Waals surface area contributed by atoms with Gasteiger partial charge in [-0.2, -0.15) is 0 Å². The van der Waals surface area contributed by atoms with E-state index in [9.17, 15) is 8.42 Å². The molecule has 8 heteroatoms. The Morgan fingerprint density at radius 1 is 1.08 bits per heavy atom. The van der Waals surface area contributed by atoms with E-state index in [-0.39, 0.29) is 5.75 Å². The van der Waals surface area contributed by atoms with Gasteiger partial charge in [0.15, 0.2) is 0 Å². The second-order valence-corrected chi connectivity index (χ2v) is 8.07. The second-order valence-electron chi connectivity index (χ2n) is 5.34. The predicted octanol–water partition coefficient (Wildman–Crippen LogP) is 3.98. The first kappa shape index (κ1) is 16.7. The molecule has 126 valence electrons. The third kappa shape index (κ3) is 4.01. The number of hydrogen-bond acceptors (Lipinski definition) is 6. The highest BCUT2D eigenvalue weighted by Gasteiger charge is 2.10. The molecule has 0 spiro atoms. The largest absolute Gasteiger partial charge is 0.340 e. The molecule has 0 unspecified atom stereocenters. The van der Waals surface area contributed by atoms with Gasteiger partial charge in [0, 0.05) is 11.4 Å². The zero-order valence-corrected chi connectivity index (χ0v) is 14.8. The highest BCUT2D eigenvalue weighted by molar-refractivity contribution is 7.92. The van der Waals surface area contributed by atoms with Gasteiger partial charge >= 0.3 is 0 Å². The maximum Gasteiger partial charge on any atom is 0.232 e. The van der Waals surface area contributed by atoms with Crippen molar-refractivity contribution in [3.8, 4) is 0 Å². The maximum atomic E-state index is 11.9. The van der Waals surface area contributed by atoms with Gasteiger partial charge in [0.25, 0.3) is 0 Å². The summed E-state index contributed by atoms with van der Waals surface area (Å²) in [5.74, 6) is 0.873. The summed E-state index contributed by atoms with van der Waals surface area (Å²) in [4.78, 5) is 9.40. The van der Waals surface area contributed by atoms with Gasteiger partial charge in [-0.15, -0.1) is 11.3 Å². The minimum absolute atomic E-state index is 0.139. The van der Waals surface area contributed by atoms with E-state index >= 15 is 0 Å². The Labute approximate surface area is 145 Å². The van der Waals surface area contributed by atoms with Crippen LogP contribution in [0.25, 0.3) is 10.2 Å². The van der Waals surface area contributed by atoms with Crippen molar-refractivity contribution in [3.05, 3.63) is 42.0 Å². The van der Waals surface area contributed by atoms with E-state index < -0.39 is 10.0 Å². The van der Waals surface area contributed by atoms with E-state index in [1.54, 1.807) is 23.5 Å². The lowest BCUT2D eigenvalue weighted by Gasteiger charge is -2.10. The number of nitrogens with one attached hydrogen (secondary N) is 2. The Morgan fingerprint density at radius 3 is 2.58 bits per heavy atom. The van der Waals surface area contributed by atoms with E-state index in [0.717, 1.165) is 28.1 Å². The quantitative estimate of drug-likeness (QED) is 0.664. The minimum Gasteiger partial charge on any atom is -0.340 e. The molecule has 1 aromatic carbocycles. The number of sulfonamides is 1. The maximum absolute atomic E-state index is 11.9. The molecule has 0 bridgehead atoms. The average Bonchev–Trinajstić information content (AvgIpc) is 3.04. The fourth-order valence-electron chi connectivity index (χ4n) is 2.21. The molecule has 2 aromatic heterocycles. The van der Waals surface area contributed by atoms with Gasteiger partial charge in [0.2, 0.25) is 10.0 Å². The number of fused-ring (bicyclic) bond motifs is 1. The van der Waals surface area contributed by atoms with Crippen LogP contribution in [-0.4, -0.2) is 24.1 Å². The lowest BCUT2D eigenvalue weighted by atomic mass is 10.3. The van der Waals surface area contributed by atoms with Crippen molar-refractivity contribution in [1.29, 1.82) is 0 Å². The Bertz CT molecular complexity index is 921. The van der Waals surface area contributed by atoms with Gasteiger partial charge in [-0.25, -0.2) is 18.4 Å². The first-order valence-electron chi connectivity index (χ1n) is 7.63. The summed E-state index contributed by atoms with van der Waals surface area (Å²) in [6.07, 6.45) is 3.02. The molecule has 0 aliphatic rings. The molecule has 3 rings (SSSR count). The van der Waals surface area contributed by atoms with Crippen molar-refractivity contribution in [2.24, 2.45) is 0 Å². The number of anilines is 3. The fourth-order valence-corrected chi connectivity index (χ4v) is 4.21. The Balaban J connectivity index is 1.72. The Hall–Kier alpha value is -2.19. The van der Waals surface area contributed by atoms with Gasteiger partial charge in [-0.1, -0.05) is 13.3 Å². The van der Waals surface area contributed by atoms with E-state index in [2.05, 4.69) is 20.0 Å². The standard InChI is InChI=1S/C16H18N4O2S2/c1-2-3-10-24(21,22)20-13-6-4-12(5-7-13)19-15-14-8-9-23-16(14)18-11-17-15/h4-9,11,20H,2-3,10H2,1H3,(H,17,18,19). The van der Waals surface area contributed by atoms with Crippen LogP contribution >= 0.6 is 11.3 Å². The van der Waals surface area contributed by atoms with E-state index in [1.165, 1.54) is 6.33 Å². The average molecular weight is 362 g/mol. The van der Waals surface area contributed by atoms with Crippen molar-refractivity contribution in [2.45, 2.75) is 19.8 Å². The summed E-state index contributed by atoms with van der Waals surface area (Å²) in [6.45, 7) is 1.97. The highest BCUT2D eigenvalue weighted by Crippen LogP contribution is 2.26. The summed E-state index contributed by atoms with van der Waals surface area (Å²) in [5.41, 5.74) is 1.39. The van der Waals surface area contributed by atoms with Crippen molar-refractivity contribution >= 4 is 48.8 Å². The number of hydrogen-bond donors (Lipinski definition) is 2. The fraction of sp³-hybridized carbons (Fsp3) is 0.250. The summed E-state index contributed by atoms with van der Waals surface area (Å²) >= 11 is 1.56. The van der Waals surface area contributed by atoms with Crippen molar-refractivity contribution < 1.29 is 8.42 Å². The molecule has 6 nitrogen and oxygen atoms in total. The van der Waals surface area contributed by atoms with Gasteiger partial charge < -0.3 is 5.32 Å². The molecule has 24 heavy (non-hydrogen) atoms. The number of benzene rings is 1. The van der Waals surface area contributed by atoms with Gasteiger partial charge in [-0.3, -0.25) is 4.72 Å². The van der Waals surface area contributed by atoms with E-state index in [0.29, 0.717) is 12.1 Å². The number of thiophene rings is 1. The van der Waals surface area contributed by atoms with Crippen LogP contribution in [-0.2, 0) is 10.0 Å². The highest BCUT2D eigenvalue weighted by atomic mass is 32.2. The molecule has 0 radical (unpaired) electrons. The molecule has 0 aliphatic heterocycles. The molecule has 0 fully saturated rings. The van der Waals surface area contributed by atoms with Crippen LogP contribution in [0.15, 0.2) is 42.0 Å². The monoisotopic (exact) mass is 362 g/mol. The summed E-state index contributed by atoms with van der Waals surface area (Å²) < 4.78 is 26.4. The summed E-state index contributed by atoms with van der Waals surface area (Å²) in [7, 11) is -3.28. The van der Waals surface area contributed by atoms with Gasteiger partial charge in [-0.05, 0) is 42.1 Å². The Kier molecular flexibility index (Phi) is 4.96. The topological polar surface area (TPSA) is 84.0 Å². The van der Waals surface area contributed by atoms with Gasteiger partial charge in [0.1, 0.15) is 17.0 Å².